The number of aromatic hydroxyl groups is 1. The van der Waals surface area contributed by atoms with E-state index < -0.39 is 0 Å². The van der Waals surface area contributed by atoms with Gasteiger partial charge in [-0.15, -0.1) is 12.4 Å². The van der Waals surface area contributed by atoms with Crippen LogP contribution in [0.15, 0.2) is 18.2 Å². The minimum atomic E-state index is 0. The van der Waals surface area contributed by atoms with Gasteiger partial charge in [-0.2, -0.15) is 0 Å². The van der Waals surface area contributed by atoms with Crippen LogP contribution in [0.5, 0.6) is 5.75 Å². The van der Waals surface area contributed by atoms with E-state index in [1.54, 1.807) is 6.07 Å². The zero-order valence-electron chi connectivity index (χ0n) is 6.96. The summed E-state index contributed by atoms with van der Waals surface area (Å²) in [5, 5.41) is 13.2. The Labute approximate surface area is 88.3 Å². The van der Waals surface area contributed by atoms with Crippen molar-refractivity contribution in [3.63, 3.8) is 0 Å². The van der Waals surface area contributed by atoms with Crippen molar-refractivity contribution in [3.8, 4) is 5.75 Å². The Morgan fingerprint density at radius 1 is 1.46 bits per heavy atom. The smallest absolute Gasteiger partial charge is 0.138 e. The summed E-state index contributed by atoms with van der Waals surface area (Å²) in [7, 11) is 0. The Morgan fingerprint density at radius 2 is 2.15 bits per heavy atom. The van der Waals surface area contributed by atoms with Gasteiger partial charge >= 0.3 is 0 Å². The number of phenolic OH excluding ortho intramolecular Hbond substituents is 1. The maximum absolute atomic E-state index is 9.56. The lowest BCUT2D eigenvalue weighted by Gasteiger charge is -2.28. The molecule has 1 aromatic rings. The molecule has 2 nitrogen and oxygen atoms in total. The number of rotatable bonds is 1. The van der Waals surface area contributed by atoms with Gasteiger partial charge in [0.2, 0.25) is 0 Å². The Hall–Kier alpha value is -0.440. The molecule has 0 amide bonds. The van der Waals surface area contributed by atoms with Gasteiger partial charge < -0.3 is 10.4 Å². The standard InChI is InChI=1S/C9H10ClNO.ClH/c10-7-3-1-2-6(9(7)12)8-4-5-11-8;/h1-3,8,11-12H,4-5H2;1H/t8-;/m1./s1. The summed E-state index contributed by atoms with van der Waals surface area (Å²) in [6.07, 6.45) is 1.08. The molecule has 1 atom stereocenters. The van der Waals surface area contributed by atoms with Crippen molar-refractivity contribution in [2.24, 2.45) is 0 Å². The van der Waals surface area contributed by atoms with Crippen LogP contribution in [-0.4, -0.2) is 11.7 Å². The van der Waals surface area contributed by atoms with Crippen molar-refractivity contribution in [2.45, 2.75) is 12.5 Å². The second-order valence-corrected chi connectivity index (χ2v) is 3.38. The highest BCUT2D eigenvalue weighted by Gasteiger charge is 2.21. The molecule has 1 aromatic carbocycles. The first-order valence-corrected chi connectivity index (χ1v) is 4.37. The van der Waals surface area contributed by atoms with Crippen LogP contribution >= 0.6 is 24.0 Å². The van der Waals surface area contributed by atoms with Crippen LogP contribution in [0.2, 0.25) is 5.02 Å². The molecule has 1 saturated heterocycles. The van der Waals surface area contributed by atoms with Gasteiger partial charge in [0.15, 0.2) is 0 Å². The van der Waals surface area contributed by atoms with Crippen molar-refractivity contribution in [1.29, 1.82) is 0 Å². The summed E-state index contributed by atoms with van der Waals surface area (Å²) < 4.78 is 0. The summed E-state index contributed by atoms with van der Waals surface area (Å²) >= 11 is 5.76. The van der Waals surface area contributed by atoms with Gasteiger partial charge in [0.1, 0.15) is 5.75 Å². The number of para-hydroxylation sites is 1. The minimum absolute atomic E-state index is 0. The molecule has 4 heteroatoms. The normalized spacial score (nSPS) is 20.2. The zero-order valence-corrected chi connectivity index (χ0v) is 8.53. The van der Waals surface area contributed by atoms with Crippen LogP contribution in [0.3, 0.4) is 0 Å². The molecule has 13 heavy (non-hydrogen) atoms. The summed E-state index contributed by atoms with van der Waals surface area (Å²) in [6, 6.07) is 5.75. The van der Waals surface area contributed by atoms with Gasteiger partial charge in [0, 0.05) is 11.6 Å². The number of hydrogen-bond donors (Lipinski definition) is 2. The maximum Gasteiger partial charge on any atom is 0.138 e. The number of halogens is 2. The Bertz CT molecular complexity index is 300. The van der Waals surface area contributed by atoms with E-state index in [1.165, 1.54) is 0 Å². The molecule has 0 unspecified atom stereocenters. The molecule has 2 N–H and O–H groups in total. The van der Waals surface area contributed by atoms with Crippen LogP contribution in [0.4, 0.5) is 0 Å². The molecule has 1 heterocycles. The van der Waals surface area contributed by atoms with Crippen LogP contribution in [0.1, 0.15) is 18.0 Å². The lowest BCUT2D eigenvalue weighted by atomic mass is 9.97. The van der Waals surface area contributed by atoms with Crippen LogP contribution in [-0.2, 0) is 0 Å². The largest absolute Gasteiger partial charge is 0.506 e. The molecule has 72 valence electrons. The third kappa shape index (κ3) is 1.90. The van der Waals surface area contributed by atoms with E-state index in [4.69, 9.17) is 11.6 Å². The quantitative estimate of drug-likeness (QED) is 0.762. The van der Waals surface area contributed by atoms with Crippen molar-refractivity contribution < 1.29 is 5.11 Å². The molecule has 0 bridgehead atoms. The molecule has 1 aliphatic heterocycles. The molecular weight excluding hydrogens is 209 g/mol. The second-order valence-electron chi connectivity index (χ2n) is 2.97. The fourth-order valence-electron chi connectivity index (χ4n) is 1.37. The second kappa shape index (κ2) is 4.18. The number of benzene rings is 1. The van der Waals surface area contributed by atoms with Crippen molar-refractivity contribution in [1.82, 2.24) is 5.32 Å². The highest BCUT2D eigenvalue weighted by atomic mass is 35.5. The Balaban J connectivity index is 0.000000845. The lowest BCUT2D eigenvalue weighted by molar-refractivity contribution is 0.364. The first-order valence-electron chi connectivity index (χ1n) is 4.00. The van der Waals surface area contributed by atoms with E-state index in [-0.39, 0.29) is 18.2 Å². The van der Waals surface area contributed by atoms with Gasteiger partial charge in [0.05, 0.1) is 5.02 Å². The monoisotopic (exact) mass is 219 g/mol. The average Bonchev–Trinajstić information content (AvgIpc) is 1.95. The van der Waals surface area contributed by atoms with Gasteiger partial charge in [-0.3, -0.25) is 0 Å². The lowest BCUT2D eigenvalue weighted by Crippen LogP contribution is -2.34. The fourth-order valence-corrected chi connectivity index (χ4v) is 1.55. The molecule has 0 aromatic heterocycles. The fraction of sp³-hybridized carbons (Fsp3) is 0.333. The Kier molecular flexibility index (Phi) is 3.42. The molecule has 1 fully saturated rings. The molecule has 2 rings (SSSR count). The van der Waals surface area contributed by atoms with Crippen molar-refractivity contribution in [2.75, 3.05) is 6.54 Å². The van der Waals surface area contributed by atoms with Crippen LogP contribution in [0, 0.1) is 0 Å². The molecule has 0 saturated carbocycles. The predicted molar refractivity (Wildman–Crippen MR) is 55.7 cm³/mol. The number of phenols is 1. The first kappa shape index (κ1) is 10.6. The van der Waals surface area contributed by atoms with E-state index >= 15 is 0 Å². The predicted octanol–water partition coefficient (Wildman–Crippen LogP) is 2.50. The van der Waals surface area contributed by atoms with Gasteiger partial charge in [-0.05, 0) is 19.0 Å². The molecule has 1 aliphatic rings. The molecule has 0 radical (unpaired) electrons. The number of nitrogens with one attached hydrogen (secondary N) is 1. The van der Waals surface area contributed by atoms with Crippen molar-refractivity contribution in [3.05, 3.63) is 28.8 Å². The van der Waals surface area contributed by atoms with Crippen molar-refractivity contribution >= 4 is 24.0 Å². The highest BCUT2D eigenvalue weighted by Crippen LogP contribution is 2.34. The summed E-state index contributed by atoms with van der Waals surface area (Å²) in [5.41, 5.74) is 0.911. The van der Waals surface area contributed by atoms with E-state index in [2.05, 4.69) is 5.32 Å². The maximum atomic E-state index is 9.56. The third-order valence-corrected chi connectivity index (χ3v) is 2.52. The van der Waals surface area contributed by atoms with Gasteiger partial charge in [-0.25, -0.2) is 0 Å². The molecular formula is C9H11Cl2NO. The summed E-state index contributed by atoms with van der Waals surface area (Å²) in [4.78, 5) is 0. The zero-order chi connectivity index (χ0) is 8.55. The topological polar surface area (TPSA) is 32.3 Å². The van der Waals surface area contributed by atoms with E-state index in [0.29, 0.717) is 11.1 Å². The Morgan fingerprint density at radius 3 is 2.69 bits per heavy atom. The minimum Gasteiger partial charge on any atom is -0.506 e. The summed E-state index contributed by atoms with van der Waals surface area (Å²) in [5.74, 6) is 0.219. The van der Waals surface area contributed by atoms with Gasteiger partial charge in [0.25, 0.3) is 0 Å². The molecule has 0 aliphatic carbocycles. The van der Waals surface area contributed by atoms with E-state index in [1.807, 2.05) is 12.1 Å². The van der Waals surface area contributed by atoms with Crippen LogP contribution < -0.4 is 5.32 Å². The SMILES string of the molecule is Cl.Oc1c(Cl)cccc1[C@H]1CCN1. The number of hydrogen-bond acceptors (Lipinski definition) is 2. The third-order valence-electron chi connectivity index (χ3n) is 2.22. The molecule has 0 spiro atoms. The first-order chi connectivity index (χ1) is 5.79. The average molecular weight is 220 g/mol. The van der Waals surface area contributed by atoms with Crippen LogP contribution in [0.25, 0.3) is 0 Å². The van der Waals surface area contributed by atoms with E-state index in [9.17, 15) is 5.11 Å². The van der Waals surface area contributed by atoms with Gasteiger partial charge in [-0.1, -0.05) is 23.7 Å². The van der Waals surface area contributed by atoms with E-state index in [0.717, 1.165) is 18.5 Å². The highest BCUT2D eigenvalue weighted by molar-refractivity contribution is 6.32. The summed E-state index contributed by atoms with van der Waals surface area (Å²) in [6.45, 7) is 1.02.